The summed E-state index contributed by atoms with van der Waals surface area (Å²) in [6, 6.07) is 6.81. The number of aromatic nitrogens is 2. The number of nitrogens with two attached hydrogens (primary N) is 1. The first-order chi connectivity index (χ1) is 18.2. The third-order valence-electron chi connectivity index (χ3n) is 6.38. The molecular formula is C25H28F2N6O5S. The predicted molar refractivity (Wildman–Crippen MR) is 140 cm³/mol. The number of hydrogen-bond donors (Lipinski definition) is 2. The SMILES string of the molecule is CCOC(=O)n1nc2c(c1NC(=O)c1ccc(N(C)C)cc1N)CN(S(=O)(=O)c1cc(F)cc(F)c1)C2(C)C. The van der Waals surface area contributed by atoms with E-state index in [0.29, 0.717) is 18.2 Å². The largest absolute Gasteiger partial charge is 0.448 e. The average molecular weight is 563 g/mol. The fraction of sp³-hybridized carbons (Fsp3) is 0.320. The normalized spacial score (nSPS) is 14.6. The first-order valence-corrected chi connectivity index (χ1v) is 13.3. The maximum atomic E-state index is 13.9. The van der Waals surface area contributed by atoms with Gasteiger partial charge in [-0.3, -0.25) is 4.79 Å². The molecule has 11 nitrogen and oxygen atoms in total. The van der Waals surface area contributed by atoms with E-state index in [2.05, 4.69) is 10.4 Å². The van der Waals surface area contributed by atoms with Crippen LogP contribution in [0.2, 0.25) is 0 Å². The first-order valence-electron chi connectivity index (χ1n) is 11.8. The molecule has 39 heavy (non-hydrogen) atoms. The van der Waals surface area contributed by atoms with Crippen molar-refractivity contribution in [2.45, 2.75) is 37.8 Å². The van der Waals surface area contributed by atoms with Gasteiger partial charge in [-0.15, -0.1) is 4.68 Å². The van der Waals surface area contributed by atoms with E-state index < -0.39 is 44.1 Å². The number of hydrogen-bond acceptors (Lipinski definition) is 8. The standard InChI is InChI=1S/C25H28F2N6O5S/c1-6-38-24(35)33-22(29-23(34)18-8-7-16(31(4)5)12-20(18)28)19-13-32(25(2,3)21(19)30-33)39(36,37)17-10-14(26)9-15(27)11-17/h7-12H,6,13,28H2,1-5H3,(H,29,34). The lowest BCUT2D eigenvalue weighted by Crippen LogP contribution is -2.41. The Hall–Kier alpha value is -4.04. The number of carbonyl (C=O) groups excluding carboxylic acids is 2. The fourth-order valence-electron chi connectivity index (χ4n) is 4.40. The minimum absolute atomic E-state index is 0.0186. The van der Waals surface area contributed by atoms with Gasteiger partial charge in [-0.05, 0) is 51.1 Å². The van der Waals surface area contributed by atoms with Gasteiger partial charge in [0, 0.05) is 43.6 Å². The third kappa shape index (κ3) is 4.92. The summed E-state index contributed by atoms with van der Waals surface area (Å²) >= 11 is 0. The number of carbonyl (C=O) groups is 2. The van der Waals surface area contributed by atoms with Crippen LogP contribution >= 0.6 is 0 Å². The number of nitrogen functional groups attached to an aromatic ring is 1. The van der Waals surface area contributed by atoms with Crippen molar-refractivity contribution in [2.24, 2.45) is 0 Å². The number of nitrogens with zero attached hydrogens (tertiary/aromatic N) is 4. The van der Waals surface area contributed by atoms with Crippen molar-refractivity contribution in [1.82, 2.24) is 14.1 Å². The van der Waals surface area contributed by atoms with Crippen LogP contribution in [-0.4, -0.2) is 55.2 Å². The summed E-state index contributed by atoms with van der Waals surface area (Å²) < 4.78 is 61.7. The quantitative estimate of drug-likeness (QED) is 0.435. The van der Waals surface area contributed by atoms with Gasteiger partial charge in [0.05, 0.1) is 28.3 Å². The summed E-state index contributed by atoms with van der Waals surface area (Å²) in [5.41, 5.74) is 6.15. The average Bonchev–Trinajstić information content (AvgIpc) is 3.33. The van der Waals surface area contributed by atoms with E-state index in [1.807, 2.05) is 19.0 Å². The highest BCUT2D eigenvalue weighted by Crippen LogP contribution is 2.45. The molecule has 0 radical (unpaired) electrons. The van der Waals surface area contributed by atoms with Crippen molar-refractivity contribution in [2.75, 3.05) is 36.7 Å². The van der Waals surface area contributed by atoms with E-state index in [9.17, 15) is 26.8 Å². The molecule has 2 heterocycles. The molecule has 1 aliphatic heterocycles. The van der Waals surface area contributed by atoms with Crippen LogP contribution in [0.5, 0.6) is 0 Å². The molecule has 14 heteroatoms. The van der Waals surface area contributed by atoms with Crippen molar-refractivity contribution in [3.63, 3.8) is 0 Å². The van der Waals surface area contributed by atoms with Gasteiger partial charge in [0.1, 0.15) is 17.5 Å². The van der Waals surface area contributed by atoms with Crippen molar-refractivity contribution >= 4 is 39.2 Å². The lowest BCUT2D eigenvalue weighted by molar-refractivity contribution is 0.102. The summed E-state index contributed by atoms with van der Waals surface area (Å²) in [6.07, 6.45) is -0.893. The van der Waals surface area contributed by atoms with Gasteiger partial charge in [0.25, 0.3) is 5.91 Å². The maximum Gasteiger partial charge on any atom is 0.436 e. The molecule has 3 aromatic rings. The molecule has 208 valence electrons. The Morgan fingerprint density at radius 2 is 1.79 bits per heavy atom. The van der Waals surface area contributed by atoms with Crippen molar-refractivity contribution in [3.8, 4) is 0 Å². The summed E-state index contributed by atoms with van der Waals surface area (Å²) in [5, 5.41) is 6.93. The number of halogens is 2. The zero-order valence-corrected chi connectivity index (χ0v) is 22.8. The number of ether oxygens (including phenoxy) is 1. The van der Waals surface area contributed by atoms with Crippen molar-refractivity contribution < 1.29 is 31.5 Å². The van der Waals surface area contributed by atoms with Crippen LogP contribution in [0, 0.1) is 11.6 Å². The highest BCUT2D eigenvalue weighted by atomic mass is 32.2. The van der Waals surface area contributed by atoms with Crippen LogP contribution in [0.3, 0.4) is 0 Å². The molecule has 0 aliphatic carbocycles. The number of nitrogens with one attached hydrogen (secondary N) is 1. The molecule has 0 bridgehead atoms. The summed E-state index contributed by atoms with van der Waals surface area (Å²) in [5.74, 6) is -2.89. The number of anilines is 3. The molecule has 3 N–H and O–H groups in total. The molecule has 2 aromatic carbocycles. The van der Waals surface area contributed by atoms with Crippen molar-refractivity contribution in [3.05, 3.63) is 64.9 Å². The third-order valence-corrected chi connectivity index (χ3v) is 8.38. The Kier molecular flexibility index (Phi) is 7.12. The van der Waals surface area contributed by atoms with E-state index >= 15 is 0 Å². The highest BCUT2D eigenvalue weighted by molar-refractivity contribution is 7.89. The summed E-state index contributed by atoms with van der Waals surface area (Å²) in [4.78, 5) is 27.2. The van der Waals surface area contributed by atoms with Crippen LogP contribution in [0.15, 0.2) is 41.3 Å². The molecule has 0 unspecified atom stereocenters. The minimum Gasteiger partial charge on any atom is -0.448 e. The number of amides is 1. The van der Waals surface area contributed by atoms with Gasteiger partial charge in [-0.25, -0.2) is 22.0 Å². The van der Waals surface area contributed by atoms with E-state index in [1.165, 1.54) is 19.9 Å². The lowest BCUT2D eigenvalue weighted by atomic mass is 10.0. The second kappa shape index (κ2) is 9.93. The van der Waals surface area contributed by atoms with E-state index in [1.54, 1.807) is 19.1 Å². The maximum absolute atomic E-state index is 13.9. The molecule has 0 spiro atoms. The monoisotopic (exact) mass is 562 g/mol. The summed E-state index contributed by atoms with van der Waals surface area (Å²) in [6.45, 7) is 4.31. The highest BCUT2D eigenvalue weighted by Gasteiger charge is 2.49. The number of fused-ring (bicyclic) bond motifs is 1. The number of sulfonamides is 1. The molecular weight excluding hydrogens is 534 g/mol. The van der Waals surface area contributed by atoms with Gasteiger partial charge < -0.3 is 20.7 Å². The summed E-state index contributed by atoms with van der Waals surface area (Å²) in [7, 11) is -0.809. The Bertz CT molecular complexity index is 1570. The van der Waals surface area contributed by atoms with Gasteiger partial charge >= 0.3 is 6.09 Å². The van der Waals surface area contributed by atoms with E-state index in [4.69, 9.17) is 10.5 Å². The minimum atomic E-state index is -4.44. The van der Waals surface area contributed by atoms with Crippen LogP contribution in [-0.2, 0) is 26.8 Å². The predicted octanol–water partition coefficient (Wildman–Crippen LogP) is 3.51. The van der Waals surface area contributed by atoms with Crippen LogP contribution in [0.25, 0.3) is 0 Å². The van der Waals surface area contributed by atoms with Crippen molar-refractivity contribution in [1.29, 1.82) is 0 Å². The number of benzene rings is 2. The smallest absolute Gasteiger partial charge is 0.436 e. The topological polar surface area (TPSA) is 140 Å². The molecule has 0 saturated carbocycles. The molecule has 0 fully saturated rings. The van der Waals surface area contributed by atoms with Crippen LogP contribution < -0.4 is 16.0 Å². The first kappa shape index (κ1) is 28.0. The van der Waals surface area contributed by atoms with E-state index in [0.717, 1.165) is 14.7 Å². The lowest BCUT2D eigenvalue weighted by Gasteiger charge is -2.30. The Labute approximate surface area is 224 Å². The Morgan fingerprint density at radius 1 is 1.15 bits per heavy atom. The molecule has 1 aliphatic rings. The molecule has 1 aromatic heterocycles. The van der Waals surface area contributed by atoms with Gasteiger partial charge in [0.2, 0.25) is 10.0 Å². The van der Waals surface area contributed by atoms with Gasteiger partial charge in [-0.1, -0.05) is 0 Å². The zero-order chi connectivity index (χ0) is 28.9. The van der Waals surface area contributed by atoms with E-state index in [-0.39, 0.29) is 41.5 Å². The molecule has 4 rings (SSSR count). The second-order valence-corrected chi connectivity index (χ2v) is 11.4. The molecule has 0 saturated heterocycles. The fourth-order valence-corrected chi connectivity index (χ4v) is 6.16. The second-order valence-electron chi connectivity index (χ2n) is 9.58. The van der Waals surface area contributed by atoms with Crippen LogP contribution in [0.4, 0.5) is 30.8 Å². The van der Waals surface area contributed by atoms with Crippen LogP contribution in [0.1, 0.15) is 42.4 Å². The number of rotatable bonds is 6. The molecule has 0 atom stereocenters. The molecule has 1 amide bonds. The zero-order valence-electron chi connectivity index (χ0n) is 21.9. The van der Waals surface area contributed by atoms with Gasteiger partial charge in [0.15, 0.2) is 0 Å². The Morgan fingerprint density at radius 3 is 2.36 bits per heavy atom. The Balaban J connectivity index is 1.78. The van der Waals surface area contributed by atoms with Gasteiger partial charge in [-0.2, -0.15) is 9.40 Å².